The Morgan fingerprint density at radius 1 is 0.623 bits per heavy atom. The molecule has 0 saturated heterocycles. The van der Waals surface area contributed by atoms with Crippen LogP contribution in [0.4, 0.5) is 0 Å². The van der Waals surface area contributed by atoms with Gasteiger partial charge in [0.05, 0.1) is 13.8 Å². The van der Waals surface area contributed by atoms with E-state index in [1.807, 2.05) is 36.4 Å². The minimum absolute atomic E-state index is 0. The van der Waals surface area contributed by atoms with Gasteiger partial charge in [0.25, 0.3) is 0 Å². The number of rotatable bonds is 6. The number of benzene rings is 6. The number of aromatic nitrogens is 2. The van der Waals surface area contributed by atoms with E-state index in [-0.39, 0.29) is 33.2 Å². The van der Waals surface area contributed by atoms with E-state index in [9.17, 15) is 0 Å². The molecule has 2 aromatic heterocycles. The fourth-order valence-corrected chi connectivity index (χ4v) is 8.57. The topological polar surface area (TPSA) is 25.8 Å². The molecule has 0 N–H and O–H groups in total. The summed E-state index contributed by atoms with van der Waals surface area (Å²) in [4.78, 5) is 9.15. The molecule has 1 radical (unpaired) electrons. The Kier molecular flexibility index (Phi) is 11.3. The van der Waals surface area contributed by atoms with Crippen LogP contribution in [0.15, 0.2) is 146 Å². The molecule has 8 rings (SSSR count). The molecule has 0 atom stereocenters. The Labute approximate surface area is 335 Å². The van der Waals surface area contributed by atoms with Crippen molar-refractivity contribution < 1.29 is 24.2 Å². The second kappa shape index (κ2) is 16.9. The molecule has 0 aliphatic rings. The average molecular weight is 888 g/mol. The maximum absolute atomic E-state index is 7.30. The standard InChI is InChI=1S/C36H34NSi.C12H11N.CH3.Ir/c1-24(2)19-28-22-35(37-23-36(28)38(3,4)5)27-16-18-32-30-14-10-9-13-29(30)31-17-15-26(20-33(31)34(32)21-27)25-11-7-6-8-12-25;1-10-6-5-9-12(13-10)11-7-3-2-4-8-11;;/h6-15,17-18,20-24H,19H2,1-5H3;2-9H,1H3;1H3;/q-1;;-1;/i;1D3;;. The zero-order chi connectivity index (χ0) is 38.0. The first-order chi connectivity index (χ1) is 25.9. The summed E-state index contributed by atoms with van der Waals surface area (Å²) >= 11 is 0. The minimum atomic E-state index is -2.15. The van der Waals surface area contributed by atoms with Gasteiger partial charge >= 0.3 is 0 Å². The molecule has 0 amide bonds. The molecule has 2 heterocycles. The Morgan fingerprint density at radius 3 is 1.91 bits per heavy atom. The maximum Gasteiger partial charge on any atom is 0.0798 e. The predicted octanol–water partition coefficient (Wildman–Crippen LogP) is 12.9. The van der Waals surface area contributed by atoms with Gasteiger partial charge < -0.3 is 12.4 Å². The number of hydrogen-bond donors (Lipinski definition) is 0. The molecule has 8 aromatic rings. The van der Waals surface area contributed by atoms with Crippen molar-refractivity contribution in [2.75, 3.05) is 0 Å². The molecule has 2 nitrogen and oxygen atoms in total. The fourth-order valence-electron chi connectivity index (χ4n) is 6.98. The molecule has 0 aliphatic heterocycles. The molecule has 0 spiro atoms. The first-order valence-electron chi connectivity index (χ1n) is 19.2. The SMILES string of the molecule is CC(C)Cc1cc(-c2[c-]cc3c4ccccc4c4ccc(-c5ccccc5)cc4c3c2)ncc1[Si](C)(C)C.[2H]C([2H])([2H])c1cccc(-c2ccccc2)n1.[CH3-].[Ir]. The molecular weight excluding hydrogens is 837 g/mol. The summed E-state index contributed by atoms with van der Waals surface area (Å²) in [5.41, 5.74) is 7.75. The summed E-state index contributed by atoms with van der Waals surface area (Å²) in [7, 11) is -1.49. The molecule has 0 bridgehead atoms. The van der Waals surface area contributed by atoms with Crippen LogP contribution in [0.1, 0.15) is 29.2 Å². The van der Waals surface area contributed by atoms with Crippen molar-refractivity contribution >= 4 is 45.6 Å². The van der Waals surface area contributed by atoms with Gasteiger partial charge in [-0.2, -0.15) is 0 Å². The molecule has 0 aliphatic carbocycles. The molecular formula is C49H48IrN2Si-2. The molecule has 4 heteroatoms. The third-order valence-corrected chi connectivity index (χ3v) is 11.5. The number of aryl methyl sites for hydroxylation is 1. The molecule has 6 aromatic carbocycles. The predicted molar refractivity (Wildman–Crippen MR) is 229 cm³/mol. The van der Waals surface area contributed by atoms with E-state index in [2.05, 4.69) is 142 Å². The Balaban J connectivity index is 0.000000281. The smallest absolute Gasteiger partial charge is 0.0798 e. The summed E-state index contributed by atoms with van der Waals surface area (Å²) in [5.74, 6) is 0.604. The van der Waals surface area contributed by atoms with Gasteiger partial charge in [-0.1, -0.05) is 164 Å². The molecule has 269 valence electrons. The van der Waals surface area contributed by atoms with Gasteiger partial charge in [-0.3, -0.25) is 4.98 Å². The maximum atomic E-state index is 7.30. The Hall–Kier alpha value is -4.73. The van der Waals surface area contributed by atoms with Crippen molar-refractivity contribution in [3.63, 3.8) is 0 Å². The van der Waals surface area contributed by atoms with Crippen LogP contribution >= 0.6 is 0 Å². The van der Waals surface area contributed by atoms with Gasteiger partial charge in [0.15, 0.2) is 0 Å². The van der Waals surface area contributed by atoms with E-state index in [0.29, 0.717) is 11.6 Å². The van der Waals surface area contributed by atoms with E-state index in [1.54, 1.807) is 6.07 Å². The van der Waals surface area contributed by atoms with Gasteiger partial charge in [0.1, 0.15) is 0 Å². The monoisotopic (exact) mass is 888 g/mol. The second-order valence-corrected chi connectivity index (χ2v) is 19.7. The Bertz CT molecular complexity index is 2580. The van der Waals surface area contributed by atoms with Gasteiger partial charge in [-0.25, -0.2) is 0 Å². The zero-order valence-electron chi connectivity index (χ0n) is 34.4. The average Bonchev–Trinajstić information content (AvgIpc) is 3.17. The van der Waals surface area contributed by atoms with E-state index >= 15 is 0 Å². The summed E-state index contributed by atoms with van der Waals surface area (Å²) in [6.07, 6.45) is 3.24. The fraction of sp³-hybridized carbons (Fsp3) is 0.163. The van der Waals surface area contributed by atoms with Crippen molar-refractivity contribution in [2.45, 2.75) is 46.8 Å². The van der Waals surface area contributed by atoms with Crippen LogP contribution in [0, 0.1) is 26.3 Å². The van der Waals surface area contributed by atoms with Crippen molar-refractivity contribution in [1.29, 1.82) is 0 Å². The third-order valence-electron chi connectivity index (χ3n) is 9.40. The minimum Gasteiger partial charge on any atom is -0.358 e. The third kappa shape index (κ3) is 8.74. The summed E-state index contributed by atoms with van der Waals surface area (Å²) in [6, 6.07) is 51.3. The molecule has 0 fully saturated rings. The van der Waals surface area contributed by atoms with Crippen molar-refractivity contribution in [2.24, 2.45) is 5.92 Å². The number of pyridine rings is 2. The number of fused-ring (bicyclic) bond motifs is 6. The van der Waals surface area contributed by atoms with E-state index in [0.717, 1.165) is 23.2 Å². The van der Waals surface area contributed by atoms with Crippen LogP contribution in [-0.2, 0) is 26.5 Å². The normalized spacial score (nSPS) is 12.2. The van der Waals surface area contributed by atoms with Crippen LogP contribution in [0.2, 0.25) is 19.6 Å². The van der Waals surface area contributed by atoms with Gasteiger partial charge in [0, 0.05) is 41.7 Å². The summed E-state index contributed by atoms with van der Waals surface area (Å²) in [5, 5.41) is 9.08. The van der Waals surface area contributed by atoms with Crippen molar-refractivity contribution in [3.05, 3.63) is 170 Å². The van der Waals surface area contributed by atoms with E-state index in [4.69, 9.17) is 9.10 Å². The summed E-state index contributed by atoms with van der Waals surface area (Å²) < 4.78 is 21.9. The van der Waals surface area contributed by atoms with E-state index in [1.165, 1.54) is 60.3 Å². The zero-order valence-corrected chi connectivity index (χ0v) is 34.8. The van der Waals surface area contributed by atoms with Gasteiger partial charge in [-0.05, 0) is 75.6 Å². The van der Waals surface area contributed by atoms with E-state index < -0.39 is 14.9 Å². The first kappa shape index (κ1) is 35.3. The van der Waals surface area contributed by atoms with Crippen molar-refractivity contribution in [3.8, 4) is 33.6 Å². The molecule has 53 heavy (non-hydrogen) atoms. The van der Waals surface area contributed by atoms with Crippen LogP contribution in [0.3, 0.4) is 0 Å². The van der Waals surface area contributed by atoms with Crippen LogP contribution < -0.4 is 5.19 Å². The molecule has 0 unspecified atom stereocenters. The quantitative estimate of drug-likeness (QED) is 0.0944. The number of nitrogens with zero attached hydrogens (tertiary/aromatic N) is 2. The van der Waals surface area contributed by atoms with Gasteiger partial charge in [0.2, 0.25) is 0 Å². The van der Waals surface area contributed by atoms with Crippen molar-refractivity contribution in [1.82, 2.24) is 9.97 Å². The largest absolute Gasteiger partial charge is 0.358 e. The summed E-state index contributed by atoms with van der Waals surface area (Å²) in [6.45, 7) is 9.70. The Morgan fingerprint density at radius 2 is 1.25 bits per heavy atom. The second-order valence-electron chi connectivity index (χ2n) is 14.7. The van der Waals surface area contributed by atoms with Crippen LogP contribution in [0.25, 0.3) is 66.0 Å². The van der Waals surface area contributed by atoms with Crippen LogP contribution in [0.5, 0.6) is 0 Å². The number of hydrogen-bond acceptors (Lipinski definition) is 2. The van der Waals surface area contributed by atoms with Crippen LogP contribution in [-0.4, -0.2) is 18.0 Å². The molecule has 0 saturated carbocycles. The first-order valence-corrected chi connectivity index (χ1v) is 21.2. The van der Waals surface area contributed by atoms with Gasteiger partial charge in [-0.15, -0.1) is 23.8 Å².